The predicted octanol–water partition coefficient (Wildman–Crippen LogP) is 3.59. The Morgan fingerprint density at radius 1 is 1.02 bits per heavy atom. The Kier molecular flexibility index (Phi) is 6.44. The molecule has 40 heavy (non-hydrogen) atoms. The highest BCUT2D eigenvalue weighted by molar-refractivity contribution is 7.09. The van der Waals surface area contributed by atoms with Gasteiger partial charge < -0.3 is 9.84 Å². The van der Waals surface area contributed by atoms with E-state index in [0.717, 1.165) is 21.2 Å². The molecule has 0 saturated carbocycles. The Balaban J connectivity index is 1.38. The molecule has 9 nitrogen and oxygen atoms in total. The van der Waals surface area contributed by atoms with Crippen LogP contribution in [-0.2, 0) is 32.1 Å². The van der Waals surface area contributed by atoms with Crippen molar-refractivity contribution < 1.29 is 29.0 Å². The van der Waals surface area contributed by atoms with Gasteiger partial charge in [-0.05, 0) is 34.0 Å². The molecule has 6 rings (SSSR count). The minimum atomic E-state index is -1.72. The van der Waals surface area contributed by atoms with E-state index in [1.807, 2.05) is 42.5 Å². The van der Waals surface area contributed by atoms with Crippen molar-refractivity contribution in [2.45, 2.75) is 24.5 Å². The Morgan fingerprint density at radius 2 is 1.75 bits per heavy atom. The summed E-state index contributed by atoms with van der Waals surface area (Å²) in [7, 11) is 1.29. The van der Waals surface area contributed by atoms with Crippen LogP contribution in [0, 0.1) is 11.8 Å². The standard InChI is InChI=1S/C30H25N3O6S/c1-39-28(36)20-10-6-17(7-11-20)16-33-26(34)22-23(27(33)35)30(29(37)38,32-24(22)25-31-12-13-40-25)15-18-8-9-19-4-2-3-5-21(19)14-18/h2-14,22-24,32H,15-16H2,1H3,(H,37,38). The molecule has 3 heterocycles. The molecule has 3 aromatic carbocycles. The van der Waals surface area contributed by atoms with Crippen molar-refractivity contribution in [3.05, 3.63) is 100 Å². The van der Waals surface area contributed by atoms with Gasteiger partial charge in [0.2, 0.25) is 11.8 Å². The van der Waals surface area contributed by atoms with Crippen LogP contribution in [0.15, 0.2) is 78.3 Å². The zero-order chi connectivity index (χ0) is 28.0. The monoisotopic (exact) mass is 555 g/mol. The number of esters is 1. The molecule has 0 bridgehead atoms. The van der Waals surface area contributed by atoms with Gasteiger partial charge in [0.25, 0.3) is 0 Å². The highest BCUT2D eigenvalue weighted by Crippen LogP contribution is 2.50. The number of aromatic nitrogens is 1. The molecule has 202 valence electrons. The fourth-order valence-corrected chi connectivity index (χ4v) is 6.71. The topological polar surface area (TPSA) is 126 Å². The van der Waals surface area contributed by atoms with Gasteiger partial charge in [0.1, 0.15) is 10.5 Å². The zero-order valence-electron chi connectivity index (χ0n) is 21.4. The molecule has 2 aliphatic rings. The lowest BCUT2D eigenvalue weighted by Gasteiger charge is -2.31. The van der Waals surface area contributed by atoms with Crippen LogP contribution < -0.4 is 5.32 Å². The number of hydrogen-bond acceptors (Lipinski definition) is 8. The lowest BCUT2D eigenvalue weighted by atomic mass is 9.76. The van der Waals surface area contributed by atoms with Gasteiger partial charge in [0, 0.05) is 18.0 Å². The summed E-state index contributed by atoms with van der Waals surface area (Å²) in [6, 6.07) is 19.2. The number of carbonyl (C=O) groups is 4. The van der Waals surface area contributed by atoms with Crippen LogP contribution in [-0.4, -0.2) is 51.4 Å². The van der Waals surface area contributed by atoms with Crippen molar-refractivity contribution in [3.8, 4) is 0 Å². The number of fused-ring (bicyclic) bond motifs is 2. The first-order chi connectivity index (χ1) is 19.3. The number of hydrogen-bond donors (Lipinski definition) is 2. The van der Waals surface area contributed by atoms with Crippen molar-refractivity contribution in [2.75, 3.05) is 7.11 Å². The summed E-state index contributed by atoms with van der Waals surface area (Å²) in [6.07, 6.45) is 1.61. The smallest absolute Gasteiger partial charge is 0.337 e. The van der Waals surface area contributed by atoms with Crippen LogP contribution >= 0.6 is 11.3 Å². The van der Waals surface area contributed by atoms with Crippen molar-refractivity contribution in [2.24, 2.45) is 11.8 Å². The number of carboxylic acids is 1. The van der Waals surface area contributed by atoms with Crippen LogP contribution in [0.4, 0.5) is 0 Å². The van der Waals surface area contributed by atoms with E-state index in [-0.39, 0.29) is 13.0 Å². The molecule has 10 heteroatoms. The Bertz CT molecular complexity index is 1640. The zero-order valence-corrected chi connectivity index (χ0v) is 22.3. The van der Waals surface area contributed by atoms with Gasteiger partial charge in [-0.1, -0.05) is 54.6 Å². The maximum atomic E-state index is 14.0. The second-order valence-electron chi connectivity index (χ2n) is 10.1. The fraction of sp³-hybridized carbons (Fsp3) is 0.233. The lowest BCUT2D eigenvalue weighted by Crippen LogP contribution is -2.57. The second-order valence-corrected chi connectivity index (χ2v) is 11.0. The fourth-order valence-electron chi connectivity index (χ4n) is 5.97. The molecule has 0 aliphatic carbocycles. The summed E-state index contributed by atoms with van der Waals surface area (Å²) < 4.78 is 4.73. The summed E-state index contributed by atoms with van der Waals surface area (Å²) in [5, 5.41) is 18.2. The normalized spacial score (nSPS) is 23.9. The van der Waals surface area contributed by atoms with E-state index < -0.39 is 47.2 Å². The Labute approximate surface area is 233 Å². The maximum Gasteiger partial charge on any atom is 0.337 e. The summed E-state index contributed by atoms with van der Waals surface area (Å²) in [5.74, 6) is -4.73. The molecule has 4 atom stereocenters. The molecule has 2 saturated heterocycles. The van der Waals surface area contributed by atoms with Crippen molar-refractivity contribution in [1.82, 2.24) is 15.2 Å². The largest absolute Gasteiger partial charge is 0.480 e. The highest BCUT2D eigenvalue weighted by atomic mass is 32.1. The van der Waals surface area contributed by atoms with E-state index >= 15 is 0 Å². The van der Waals surface area contributed by atoms with E-state index in [0.29, 0.717) is 16.1 Å². The molecule has 2 fully saturated rings. The summed E-state index contributed by atoms with van der Waals surface area (Å²) in [5.41, 5.74) is -0.0112. The first kappa shape index (κ1) is 25.8. The second kappa shape index (κ2) is 9.96. The maximum absolute atomic E-state index is 14.0. The number of carboxylic acid groups (broad SMARTS) is 1. The van der Waals surface area contributed by atoms with E-state index in [1.54, 1.807) is 35.8 Å². The number of ether oxygens (including phenoxy) is 1. The first-order valence-electron chi connectivity index (χ1n) is 12.7. The average molecular weight is 556 g/mol. The molecule has 4 aromatic rings. The van der Waals surface area contributed by atoms with Gasteiger partial charge in [-0.2, -0.15) is 0 Å². The molecule has 2 amide bonds. The number of rotatable bonds is 7. The van der Waals surface area contributed by atoms with E-state index in [2.05, 4.69) is 10.3 Å². The third-order valence-corrected chi connectivity index (χ3v) is 8.72. The number of methoxy groups -OCH3 is 1. The minimum absolute atomic E-state index is 0.0108. The first-order valence-corrected chi connectivity index (χ1v) is 13.6. The van der Waals surface area contributed by atoms with E-state index in [1.165, 1.54) is 18.4 Å². The number of thiazole rings is 1. The summed E-state index contributed by atoms with van der Waals surface area (Å²) in [4.78, 5) is 58.2. The number of carbonyl (C=O) groups excluding carboxylic acids is 3. The van der Waals surface area contributed by atoms with Crippen LogP contribution in [0.2, 0.25) is 0 Å². The molecular formula is C30H25N3O6S. The van der Waals surface area contributed by atoms with Crippen LogP contribution in [0.1, 0.15) is 32.5 Å². The van der Waals surface area contributed by atoms with Crippen LogP contribution in [0.5, 0.6) is 0 Å². The van der Waals surface area contributed by atoms with Gasteiger partial charge in [-0.25, -0.2) is 9.78 Å². The molecule has 2 aliphatic heterocycles. The molecular weight excluding hydrogens is 530 g/mol. The molecule has 4 unspecified atom stereocenters. The van der Waals surface area contributed by atoms with Gasteiger partial charge in [-0.15, -0.1) is 11.3 Å². The highest BCUT2D eigenvalue weighted by Gasteiger charge is 2.68. The third-order valence-electron chi connectivity index (χ3n) is 7.86. The van der Waals surface area contributed by atoms with E-state index in [9.17, 15) is 24.3 Å². The summed E-state index contributed by atoms with van der Waals surface area (Å²) >= 11 is 1.31. The SMILES string of the molecule is COC(=O)c1ccc(CN2C(=O)C3C(c4nccs4)NC(Cc4ccc5ccccc5c4)(C(=O)O)C3C2=O)cc1. The van der Waals surface area contributed by atoms with Crippen LogP contribution in [0.3, 0.4) is 0 Å². The summed E-state index contributed by atoms with van der Waals surface area (Å²) in [6.45, 7) is -0.0393. The number of imide groups is 1. The van der Waals surface area contributed by atoms with Crippen LogP contribution in [0.25, 0.3) is 10.8 Å². The molecule has 1 aromatic heterocycles. The number of aliphatic carboxylic acids is 1. The number of nitrogens with one attached hydrogen (secondary N) is 1. The van der Waals surface area contributed by atoms with Gasteiger partial charge >= 0.3 is 11.9 Å². The predicted molar refractivity (Wildman–Crippen MR) is 146 cm³/mol. The van der Waals surface area contributed by atoms with Gasteiger partial charge in [0.15, 0.2) is 0 Å². The number of likely N-dealkylation sites (tertiary alicyclic amines) is 1. The molecule has 0 radical (unpaired) electrons. The molecule has 0 spiro atoms. The lowest BCUT2D eigenvalue weighted by molar-refractivity contribution is -0.151. The van der Waals surface area contributed by atoms with Crippen molar-refractivity contribution in [3.63, 3.8) is 0 Å². The molecule has 2 N–H and O–H groups in total. The number of benzene rings is 3. The Morgan fingerprint density at radius 3 is 2.42 bits per heavy atom. The number of nitrogens with zero attached hydrogens (tertiary/aromatic N) is 2. The number of amides is 2. The third kappa shape index (κ3) is 4.16. The quantitative estimate of drug-likeness (QED) is 0.262. The van der Waals surface area contributed by atoms with Crippen molar-refractivity contribution in [1.29, 1.82) is 0 Å². The van der Waals surface area contributed by atoms with Gasteiger partial charge in [0.05, 0.1) is 37.1 Å². The minimum Gasteiger partial charge on any atom is -0.480 e. The van der Waals surface area contributed by atoms with E-state index in [4.69, 9.17) is 4.74 Å². The Hall–Kier alpha value is -4.41. The average Bonchev–Trinajstić information content (AvgIpc) is 3.67. The van der Waals surface area contributed by atoms with Gasteiger partial charge in [-0.3, -0.25) is 24.6 Å². The van der Waals surface area contributed by atoms with Crippen molar-refractivity contribution >= 4 is 45.9 Å².